The zero-order valence-corrected chi connectivity index (χ0v) is 9.20. The van der Waals surface area contributed by atoms with Crippen molar-refractivity contribution in [2.45, 2.75) is 26.1 Å². The van der Waals surface area contributed by atoms with Crippen LogP contribution in [0, 0.1) is 0 Å². The first-order valence-corrected chi connectivity index (χ1v) is 7.26. The maximum atomic E-state index is 11.0. The summed E-state index contributed by atoms with van der Waals surface area (Å²) in [5.74, 6) is -1.05. The molecule has 2 heterocycles. The second kappa shape index (κ2) is 2.69. The third kappa shape index (κ3) is 1.34. The Balaban J connectivity index is 2.17. The van der Waals surface area contributed by atoms with Gasteiger partial charge in [0, 0.05) is 0 Å². The number of carbonyl (C=O) groups excluding carboxylic acids is 2. The van der Waals surface area contributed by atoms with Crippen LogP contribution in [-0.4, -0.2) is 38.8 Å². The van der Waals surface area contributed by atoms with Crippen LogP contribution in [0.25, 0.3) is 0 Å². The van der Waals surface area contributed by atoms with Crippen LogP contribution < -0.4 is 0 Å². The number of hydrogen-bond acceptors (Lipinski definition) is 6. The third-order valence-electron chi connectivity index (χ3n) is 1.76. The molecule has 0 aromatic rings. The first kappa shape index (κ1) is 8.98. The van der Waals surface area contributed by atoms with Crippen molar-refractivity contribution in [2.24, 2.45) is 0 Å². The van der Waals surface area contributed by atoms with Gasteiger partial charge in [0.25, 0.3) is 0 Å². The van der Waals surface area contributed by atoms with Gasteiger partial charge < -0.3 is 0 Å². The molecule has 0 N–H and O–H groups in total. The van der Waals surface area contributed by atoms with E-state index in [0.717, 1.165) is 0 Å². The molecule has 72 valence electrons. The summed E-state index contributed by atoms with van der Waals surface area (Å²) in [4.78, 5) is 22.0. The fraction of sp³-hybridized carbons (Fsp3) is 0.667. The molecule has 0 bridgehead atoms. The van der Waals surface area contributed by atoms with Crippen molar-refractivity contribution in [2.75, 3.05) is 0 Å². The van der Waals surface area contributed by atoms with Crippen LogP contribution in [0.1, 0.15) is 13.8 Å². The Hall–Kier alpha value is -0.597. The van der Waals surface area contributed by atoms with Gasteiger partial charge in [0.15, 0.2) is 0 Å². The molecule has 0 saturated carbocycles. The molecule has 0 aliphatic carbocycles. The van der Waals surface area contributed by atoms with Gasteiger partial charge in [0.1, 0.15) is 0 Å². The number of rotatable bonds is 0. The Morgan fingerprint density at radius 2 is 1.38 bits per heavy atom. The zero-order valence-electron chi connectivity index (χ0n) is 7.10. The van der Waals surface area contributed by atoms with E-state index >= 15 is 0 Å². The van der Waals surface area contributed by atoms with Crippen LogP contribution in [0.5, 0.6) is 0 Å². The molecular formula is C6H8GeO6. The Morgan fingerprint density at radius 1 is 1.00 bits per heavy atom. The van der Waals surface area contributed by atoms with E-state index in [9.17, 15) is 9.59 Å². The summed E-state index contributed by atoms with van der Waals surface area (Å²) in [5, 5.41) is 0. The molecular weight excluding hydrogens is 241 g/mol. The Labute approximate surface area is 77.8 Å². The third-order valence-corrected chi connectivity index (χ3v) is 6.35. The van der Waals surface area contributed by atoms with E-state index in [1.807, 2.05) is 0 Å². The molecule has 2 aliphatic rings. The van der Waals surface area contributed by atoms with E-state index in [0.29, 0.717) is 0 Å². The van der Waals surface area contributed by atoms with Gasteiger partial charge in [-0.15, -0.1) is 0 Å². The van der Waals surface area contributed by atoms with Gasteiger partial charge in [-0.05, 0) is 0 Å². The fourth-order valence-electron chi connectivity index (χ4n) is 1.09. The van der Waals surface area contributed by atoms with E-state index in [-0.39, 0.29) is 0 Å². The van der Waals surface area contributed by atoms with Crippen LogP contribution >= 0.6 is 0 Å². The molecule has 2 fully saturated rings. The second-order valence-electron chi connectivity index (χ2n) is 2.86. The summed E-state index contributed by atoms with van der Waals surface area (Å²) in [6.45, 7) is 3.06. The summed E-state index contributed by atoms with van der Waals surface area (Å²) in [6.07, 6.45) is -1.39. The molecule has 7 heteroatoms. The van der Waals surface area contributed by atoms with Crippen molar-refractivity contribution in [3.05, 3.63) is 0 Å². The normalized spacial score (nSPS) is 36.5. The van der Waals surface area contributed by atoms with Crippen molar-refractivity contribution in [1.29, 1.82) is 0 Å². The molecule has 0 unspecified atom stereocenters. The SMILES string of the molecule is C[C@H]1[O][Ge]2([O]C1=O)[O]C(=O)[C@@H](C)[O]2. The van der Waals surface area contributed by atoms with Crippen LogP contribution in [0.2, 0.25) is 0 Å². The summed E-state index contributed by atoms with van der Waals surface area (Å²) < 4.78 is 19.9. The van der Waals surface area contributed by atoms with Crippen molar-refractivity contribution in [3.8, 4) is 0 Å². The molecule has 2 aliphatic heterocycles. The van der Waals surface area contributed by atoms with Crippen LogP contribution in [0.3, 0.4) is 0 Å². The van der Waals surface area contributed by atoms with Crippen LogP contribution in [0.15, 0.2) is 0 Å². The fourth-order valence-corrected chi connectivity index (χ4v) is 5.65. The zero-order chi connectivity index (χ0) is 9.64. The van der Waals surface area contributed by atoms with Gasteiger partial charge in [-0.2, -0.15) is 0 Å². The van der Waals surface area contributed by atoms with E-state index in [1.54, 1.807) is 0 Å². The van der Waals surface area contributed by atoms with Gasteiger partial charge in [-0.1, -0.05) is 0 Å². The maximum absolute atomic E-state index is 11.0. The van der Waals surface area contributed by atoms with Crippen molar-refractivity contribution < 1.29 is 24.6 Å². The summed E-state index contributed by atoms with van der Waals surface area (Å²) >= 11 is -3.94. The van der Waals surface area contributed by atoms with E-state index in [4.69, 9.17) is 15.1 Å². The molecule has 2 atom stereocenters. The average molecular weight is 249 g/mol. The number of hydrogen-bond donors (Lipinski definition) is 0. The van der Waals surface area contributed by atoms with E-state index < -0.39 is 38.8 Å². The minimum absolute atomic E-state index is 0.526. The predicted octanol–water partition coefficient (Wildman–Crippen LogP) is -0.654. The molecule has 2 rings (SSSR count). The molecule has 0 aromatic heterocycles. The summed E-state index contributed by atoms with van der Waals surface area (Å²) in [7, 11) is 0. The molecule has 6 nitrogen and oxygen atoms in total. The second-order valence-corrected chi connectivity index (χ2v) is 6.81. The molecule has 0 amide bonds. The monoisotopic (exact) mass is 250 g/mol. The standard InChI is InChI=1S/C6H8GeO6/c1-3-5(8)12-7(10-3)11-4(2)6(9)13-7/h3-4H,1-2H3/t3-,4-,7?/m1/s1. The summed E-state index contributed by atoms with van der Waals surface area (Å²) in [6, 6.07) is 0. The van der Waals surface area contributed by atoms with E-state index in [1.165, 1.54) is 13.8 Å². The molecule has 1 spiro atoms. The van der Waals surface area contributed by atoms with Crippen LogP contribution in [-0.2, 0) is 24.6 Å². The summed E-state index contributed by atoms with van der Waals surface area (Å²) in [5.41, 5.74) is 0. The topological polar surface area (TPSA) is 71.1 Å². The van der Waals surface area contributed by atoms with Gasteiger partial charge in [-0.3, -0.25) is 0 Å². The molecule has 2 saturated heterocycles. The molecule has 0 aromatic carbocycles. The minimum atomic E-state index is -3.94. The van der Waals surface area contributed by atoms with Crippen LogP contribution in [0.4, 0.5) is 0 Å². The first-order chi connectivity index (χ1) is 6.02. The van der Waals surface area contributed by atoms with Crippen molar-refractivity contribution in [3.63, 3.8) is 0 Å². The van der Waals surface area contributed by atoms with E-state index in [2.05, 4.69) is 0 Å². The molecule has 13 heavy (non-hydrogen) atoms. The van der Waals surface area contributed by atoms with Crippen molar-refractivity contribution >= 4 is 26.6 Å². The Bertz CT molecular complexity index is 248. The first-order valence-electron chi connectivity index (χ1n) is 3.84. The quantitative estimate of drug-likeness (QED) is 0.531. The Morgan fingerprint density at radius 3 is 1.62 bits per heavy atom. The molecule has 0 radical (unpaired) electrons. The van der Waals surface area contributed by atoms with Crippen molar-refractivity contribution in [1.82, 2.24) is 0 Å². The number of carbonyl (C=O) groups is 2. The van der Waals surface area contributed by atoms with Gasteiger partial charge in [0.2, 0.25) is 0 Å². The van der Waals surface area contributed by atoms with Gasteiger partial charge >= 0.3 is 77.3 Å². The van der Waals surface area contributed by atoms with Gasteiger partial charge in [-0.25, -0.2) is 0 Å². The average Bonchev–Trinajstić information content (AvgIpc) is 2.39. The van der Waals surface area contributed by atoms with Gasteiger partial charge in [0.05, 0.1) is 0 Å². The Kier molecular flexibility index (Phi) is 1.86. The predicted molar refractivity (Wildman–Crippen MR) is 39.0 cm³/mol.